The van der Waals surface area contributed by atoms with E-state index in [0.717, 1.165) is 5.75 Å². The third-order valence-electron chi connectivity index (χ3n) is 3.10. The third-order valence-corrected chi connectivity index (χ3v) is 4.13. The molecular formula is C14H16N4O3S. The van der Waals surface area contributed by atoms with Crippen molar-refractivity contribution in [2.75, 3.05) is 18.9 Å². The van der Waals surface area contributed by atoms with Crippen LogP contribution in [0.2, 0.25) is 0 Å². The molecule has 1 unspecified atom stereocenters. The second-order valence-electron chi connectivity index (χ2n) is 4.81. The van der Waals surface area contributed by atoms with Gasteiger partial charge in [-0.25, -0.2) is 0 Å². The Morgan fingerprint density at radius 2 is 2.27 bits per heavy atom. The molecule has 116 valence electrons. The molecule has 0 saturated carbocycles. The molecule has 1 aliphatic heterocycles. The summed E-state index contributed by atoms with van der Waals surface area (Å²) in [5, 5.41) is 11.2. The van der Waals surface area contributed by atoms with Gasteiger partial charge in [0.1, 0.15) is 19.0 Å². The summed E-state index contributed by atoms with van der Waals surface area (Å²) in [6, 6.07) is 7.50. The monoisotopic (exact) mass is 320 g/mol. The lowest BCUT2D eigenvalue weighted by molar-refractivity contribution is -0.119. The Hall–Kier alpha value is -2.22. The zero-order chi connectivity index (χ0) is 15.4. The van der Waals surface area contributed by atoms with Crippen LogP contribution in [0.5, 0.6) is 11.5 Å². The minimum absolute atomic E-state index is 0.0736. The van der Waals surface area contributed by atoms with Gasteiger partial charge in [-0.3, -0.25) is 4.79 Å². The molecule has 8 heteroatoms. The molecule has 0 fully saturated rings. The van der Waals surface area contributed by atoms with Crippen LogP contribution in [-0.2, 0) is 11.8 Å². The first-order valence-electron chi connectivity index (χ1n) is 6.84. The van der Waals surface area contributed by atoms with Gasteiger partial charge in [-0.05, 0) is 12.1 Å². The van der Waals surface area contributed by atoms with Crippen LogP contribution in [0, 0.1) is 0 Å². The maximum absolute atomic E-state index is 11.9. The number of carbonyl (C=O) groups is 1. The largest absolute Gasteiger partial charge is 0.486 e. The Kier molecular flexibility index (Phi) is 4.47. The topological polar surface area (TPSA) is 78.3 Å². The van der Waals surface area contributed by atoms with E-state index in [9.17, 15) is 4.79 Å². The van der Waals surface area contributed by atoms with Gasteiger partial charge in [0.2, 0.25) is 5.91 Å². The highest BCUT2D eigenvalue weighted by Crippen LogP contribution is 2.30. The van der Waals surface area contributed by atoms with Crippen molar-refractivity contribution in [2.24, 2.45) is 7.05 Å². The van der Waals surface area contributed by atoms with Crippen molar-refractivity contribution in [3.05, 3.63) is 30.6 Å². The first-order chi connectivity index (χ1) is 10.7. The number of aromatic nitrogens is 3. The number of thioether (sulfide) groups is 1. The molecule has 1 N–H and O–H groups in total. The molecule has 0 radical (unpaired) electrons. The molecule has 0 spiro atoms. The molecule has 2 heterocycles. The van der Waals surface area contributed by atoms with E-state index in [0.29, 0.717) is 24.1 Å². The van der Waals surface area contributed by atoms with E-state index >= 15 is 0 Å². The minimum atomic E-state index is -0.182. The van der Waals surface area contributed by atoms with Crippen LogP contribution in [-0.4, -0.2) is 45.7 Å². The second-order valence-corrected chi connectivity index (χ2v) is 5.76. The maximum Gasteiger partial charge on any atom is 0.230 e. The van der Waals surface area contributed by atoms with Gasteiger partial charge in [0.15, 0.2) is 16.7 Å². The molecule has 0 bridgehead atoms. The van der Waals surface area contributed by atoms with Gasteiger partial charge in [0.25, 0.3) is 0 Å². The minimum Gasteiger partial charge on any atom is -0.486 e. The van der Waals surface area contributed by atoms with Crippen LogP contribution in [0.3, 0.4) is 0 Å². The number of ether oxygens (including phenoxy) is 2. The van der Waals surface area contributed by atoms with Gasteiger partial charge >= 0.3 is 0 Å². The summed E-state index contributed by atoms with van der Waals surface area (Å²) < 4.78 is 13.1. The molecule has 0 aliphatic carbocycles. The number of hydrogen-bond acceptors (Lipinski definition) is 6. The number of aryl methyl sites for hydroxylation is 1. The number of hydrogen-bond donors (Lipinski definition) is 1. The SMILES string of the molecule is Cn1cnnc1SCC(=O)NCC1COc2ccccc2O1. The number of rotatable bonds is 5. The summed E-state index contributed by atoms with van der Waals surface area (Å²) >= 11 is 1.34. The van der Waals surface area contributed by atoms with Crippen LogP contribution in [0.25, 0.3) is 0 Å². The number of fused-ring (bicyclic) bond motifs is 1. The predicted octanol–water partition coefficient (Wildman–Crippen LogP) is 0.863. The fourth-order valence-corrected chi connectivity index (χ4v) is 2.69. The number of nitrogens with zero attached hydrogens (tertiary/aromatic N) is 3. The summed E-state index contributed by atoms with van der Waals surface area (Å²) in [6.07, 6.45) is 1.42. The van der Waals surface area contributed by atoms with E-state index in [-0.39, 0.29) is 17.8 Å². The molecule has 1 aromatic heterocycles. The van der Waals surface area contributed by atoms with Crippen molar-refractivity contribution in [2.45, 2.75) is 11.3 Å². The summed E-state index contributed by atoms with van der Waals surface area (Å²) in [5.74, 6) is 1.66. The molecular weight excluding hydrogens is 304 g/mol. The highest BCUT2D eigenvalue weighted by atomic mass is 32.2. The Bertz CT molecular complexity index is 661. The quantitative estimate of drug-likeness (QED) is 0.824. The van der Waals surface area contributed by atoms with E-state index in [1.54, 1.807) is 10.9 Å². The molecule has 7 nitrogen and oxygen atoms in total. The molecule has 1 atom stereocenters. The third kappa shape index (κ3) is 3.51. The van der Waals surface area contributed by atoms with Crippen molar-refractivity contribution in [3.63, 3.8) is 0 Å². The number of nitrogens with one attached hydrogen (secondary N) is 1. The number of benzene rings is 1. The van der Waals surface area contributed by atoms with Gasteiger partial charge in [-0.1, -0.05) is 23.9 Å². The lowest BCUT2D eigenvalue weighted by Gasteiger charge is -2.26. The van der Waals surface area contributed by atoms with Gasteiger partial charge < -0.3 is 19.4 Å². The van der Waals surface area contributed by atoms with Crippen LogP contribution in [0.4, 0.5) is 0 Å². The summed E-state index contributed by atoms with van der Waals surface area (Å²) in [7, 11) is 1.84. The Morgan fingerprint density at radius 3 is 3.05 bits per heavy atom. The van der Waals surface area contributed by atoms with E-state index in [2.05, 4.69) is 15.5 Å². The first-order valence-corrected chi connectivity index (χ1v) is 7.83. The summed E-state index contributed by atoms with van der Waals surface area (Å²) in [5.41, 5.74) is 0. The molecule has 2 aromatic rings. The normalized spacial score (nSPS) is 16.3. The zero-order valence-electron chi connectivity index (χ0n) is 12.1. The van der Waals surface area contributed by atoms with Crippen LogP contribution in [0.15, 0.2) is 35.7 Å². The number of carbonyl (C=O) groups excluding carboxylic acids is 1. The smallest absolute Gasteiger partial charge is 0.230 e. The van der Waals surface area contributed by atoms with Gasteiger partial charge in [-0.15, -0.1) is 10.2 Å². The van der Waals surface area contributed by atoms with Crippen molar-refractivity contribution in [1.29, 1.82) is 0 Å². The standard InChI is InChI=1S/C14H16N4O3S/c1-18-9-16-17-14(18)22-8-13(19)15-6-10-7-20-11-4-2-3-5-12(11)21-10/h2-5,9-10H,6-8H2,1H3,(H,15,19). The fraction of sp³-hybridized carbons (Fsp3) is 0.357. The Balaban J connectivity index is 1.43. The lowest BCUT2D eigenvalue weighted by atomic mass is 10.2. The zero-order valence-corrected chi connectivity index (χ0v) is 12.9. The number of amides is 1. The van der Waals surface area contributed by atoms with Crippen molar-refractivity contribution >= 4 is 17.7 Å². The van der Waals surface area contributed by atoms with Gasteiger partial charge in [-0.2, -0.15) is 0 Å². The van der Waals surface area contributed by atoms with E-state index in [4.69, 9.17) is 9.47 Å². The molecule has 22 heavy (non-hydrogen) atoms. The molecule has 3 rings (SSSR count). The molecule has 0 saturated heterocycles. The van der Waals surface area contributed by atoms with Crippen molar-refractivity contribution < 1.29 is 14.3 Å². The second kappa shape index (κ2) is 6.69. The molecule has 1 aromatic carbocycles. The fourth-order valence-electron chi connectivity index (χ4n) is 1.98. The van der Waals surface area contributed by atoms with Crippen LogP contribution < -0.4 is 14.8 Å². The first kappa shape index (κ1) is 14.7. The number of para-hydroxylation sites is 2. The lowest BCUT2D eigenvalue weighted by Crippen LogP contribution is -2.41. The van der Waals surface area contributed by atoms with Crippen LogP contribution >= 0.6 is 11.8 Å². The van der Waals surface area contributed by atoms with Crippen LogP contribution in [0.1, 0.15) is 0 Å². The van der Waals surface area contributed by atoms with E-state index in [1.165, 1.54) is 11.8 Å². The van der Waals surface area contributed by atoms with Crippen molar-refractivity contribution in [1.82, 2.24) is 20.1 Å². The highest BCUT2D eigenvalue weighted by Gasteiger charge is 2.21. The average molecular weight is 320 g/mol. The van der Waals surface area contributed by atoms with Gasteiger partial charge in [0, 0.05) is 7.05 Å². The van der Waals surface area contributed by atoms with Gasteiger partial charge in [0.05, 0.1) is 12.3 Å². The summed E-state index contributed by atoms with van der Waals surface area (Å²) in [4.78, 5) is 11.9. The summed E-state index contributed by atoms with van der Waals surface area (Å²) in [6.45, 7) is 0.834. The maximum atomic E-state index is 11.9. The highest BCUT2D eigenvalue weighted by molar-refractivity contribution is 7.99. The van der Waals surface area contributed by atoms with E-state index in [1.807, 2.05) is 31.3 Å². The Morgan fingerprint density at radius 1 is 1.45 bits per heavy atom. The average Bonchev–Trinajstić information content (AvgIpc) is 2.96. The van der Waals surface area contributed by atoms with E-state index < -0.39 is 0 Å². The van der Waals surface area contributed by atoms with Crippen molar-refractivity contribution in [3.8, 4) is 11.5 Å². The molecule has 1 amide bonds. The molecule has 1 aliphatic rings. The predicted molar refractivity (Wildman–Crippen MR) is 81.1 cm³/mol. The Labute approximate surface area is 132 Å².